The lowest BCUT2D eigenvalue weighted by atomic mass is 9.98. The van der Waals surface area contributed by atoms with Crippen molar-refractivity contribution in [3.05, 3.63) is 36.2 Å². The summed E-state index contributed by atoms with van der Waals surface area (Å²) in [5, 5.41) is 42.6. The fourth-order valence-corrected chi connectivity index (χ4v) is 4.46. The van der Waals surface area contributed by atoms with Crippen molar-refractivity contribution in [3.8, 4) is 11.5 Å². The highest BCUT2D eigenvalue weighted by atomic mass is 32.2. The van der Waals surface area contributed by atoms with Gasteiger partial charge in [-0.1, -0.05) is 29.1 Å². The van der Waals surface area contributed by atoms with Gasteiger partial charge in [-0.15, -0.1) is 5.10 Å². The normalized spacial score (nSPS) is 30.2. The third-order valence-electron chi connectivity index (χ3n) is 4.71. The van der Waals surface area contributed by atoms with E-state index in [0.717, 1.165) is 0 Å². The van der Waals surface area contributed by atoms with Crippen LogP contribution in [-0.2, 0) is 17.9 Å². The Kier molecular flexibility index (Phi) is 5.90. The second-order valence-corrected chi connectivity index (χ2v) is 7.87. The molecule has 1 aromatic carbocycles. The SMILES string of the molecule is CCN=C1NC2C(OC(Cn3cc(COc4ccccc4O)nn3)C(O)C2O)S1. The quantitative estimate of drug-likeness (QED) is 0.512. The number of nitrogens with one attached hydrogen (secondary N) is 1. The number of aromatic hydroxyl groups is 1. The second-order valence-electron chi connectivity index (χ2n) is 6.78. The minimum absolute atomic E-state index is 0.0517. The summed E-state index contributed by atoms with van der Waals surface area (Å²) in [4.78, 5) is 4.31. The van der Waals surface area contributed by atoms with Crippen LogP contribution in [0.15, 0.2) is 35.5 Å². The number of aromatic nitrogens is 3. The molecule has 2 aromatic rings. The summed E-state index contributed by atoms with van der Waals surface area (Å²) in [5.41, 5.74) is 0.224. The van der Waals surface area contributed by atoms with Crippen LogP contribution in [0.4, 0.5) is 0 Å². The lowest BCUT2D eigenvalue weighted by Crippen LogP contribution is -2.59. The number of rotatable bonds is 6. The maximum Gasteiger partial charge on any atom is 0.161 e. The van der Waals surface area contributed by atoms with E-state index in [2.05, 4.69) is 20.6 Å². The number of thioether (sulfide) groups is 1. The molecule has 2 aliphatic rings. The Bertz CT molecular complexity index is 878. The average molecular weight is 421 g/mol. The molecule has 29 heavy (non-hydrogen) atoms. The van der Waals surface area contributed by atoms with Crippen molar-refractivity contribution < 1.29 is 24.8 Å². The fourth-order valence-electron chi connectivity index (χ4n) is 3.26. The number of ether oxygens (including phenoxy) is 2. The van der Waals surface area contributed by atoms with Crippen LogP contribution in [0.2, 0.25) is 0 Å². The van der Waals surface area contributed by atoms with Gasteiger partial charge in [0, 0.05) is 6.54 Å². The van der Waals surface area contributed by atoms with Crippen molar-refractivity contribution in [1.29, 1.82) is 0 Å². The number of hydrogen-bond acceptors (Lipinski definition) is 9. The Morgan fingerprint density at radius 1 is 1.31 bits per heavy atom. The fraction of sp³-hybridized carbons (Fsp3) is 0.500. The van der Waals surface area contributed by atoms with Gasteiger partial charge in [0.15, 0.2) is 16.7 Å². The number of phenols is 1. The molecule has 0 amide bonds. The third-order valence-corrected chi connectivity index (χ3v) is 5.82. The Balaban J connectivity index is 1.37. The number of benzene rings is 1. The Morgan fingerprint density at radius 3 is 2.93 bits per heavy atom. The molecule has 0 spiro atoms. The largest absolute Gasteiger partial charge is 0.504 e. The van der Waals surface area contributed by atoms with Gasteiger partial charge in [0.05, 0.1) is 18.8 Å². The molecule has 1 aromatic heterocycles. The van der Waals surface area contributed by atoms with Gasteiger partial charge in [-0.05, 0) is 19.1 Å². The van der Waals surface area contributed by atoms with E-state index < -0.39 is 24.4 Å². The van der Waals surface area contributed by atoms with Gasteiger partial charge in [-0.3, -0.25) is 4.99 Å². The van der Waals surface area contributed by atoms with E-state index in [-0.39, 0.29) is 24.3 Å². The molecule has 5 unspecified atom stereocenters. The maximum atomic E-state index is 10.5. The number of phenolic OH excluding ortho intramolecular Hbond substituents is 1. The first-order valence-corrected chi connectivity index (χ1v) is 10.2. The van der Waals surface area contributed by atoms with Crippen LogP contribution in [0.25, 0.3) is 0 Å². The summed E-state index contributed by atoms with van der Waals surface area (Å²) < 4.78 is 13.1. The van der Waals surface area contributed by atoms with Crippen molar-refractivity contribution in [2.45, 2.75) is 49.9 Å². The standard InChI is InChI=1S/C18H23N5O5S/c1-2-19-18-20-14-16(26)15(25)13(28-17(14)29-18)8-23-7-10(21-22-23)9-27-12-6-4-3-5-11(12)24/h3-7,13-17,24-26H,2,8-9H2,1H3,(H,19,20). The summed E-state index contributed by atoms with van der Waals surface area (Å²) >= 11 is 1.41. The van der Waals surface area contributed by atoms with E-state index in [1.54, 1.807) is 35.1 Å². The number of aliphatic hydroxyl groups excluding tert-OH is 2. The van der Waals surface area contributed by atoms with Gasteiger partial charge < -0.3 is 30.1 Å². The van der Waals surface area contributed by atoms with Crippen LogP contribution < -0.4 is 10.1 Å². The summed E-state index contributed by atoms with van der Waals surface area (Å²) in [6.07, 6.45) is -1.02. The van der Waals surface area contributed by atoms with Gasteiger partial charge in [0.2, 0.25) is 0 Å². The van der Waals surface area contributed by atoms with E-state index in [1.165, 1.54) is 11.8 Å². The number of aliphatic imine (C=N–C) groups is 1. The van der Waals surface area contributed by atoms with Crippen LogP contribution >= 0.6 is 11.8 Å². The second kappa shape index (κ2) is 8.57. The molecule has 2 aliphatic heterocycles. The van der Waals surface area contributed by atoms with E-state index in [1.807, 2.05) is 6.92 Å². The molecule has 4 N–H and O–H groups in total. The molecule has 11 heteroatoms. The smallest absolute Gasteiger partial charge is 0.161 e. The zero-order valence-corrected chi connectivity index (χ0v) is 16.6. The lowest BCUT2D eigenvalue weighted by Gasteiger charge is -2.38. The lowest BCUT2D eigenvalue weighted by molar-refractivity contribution is -0.160. The van der Waals surface area contributed by atoms with Gasteiger partial charge in [0.1, 0.15) is 36.0 Å². The monoisotopic (exact) mass is 421 g/mol. The number of aliphatic hydroxyl groups is 2. The molecule has 2 fully saturated rings. The van der Waals surface area contributed by atoms with E-state index in [4.69, 9.17) is 9.47 Å². The molecule has 156 valence electrons. The Labute approximate surface area is 171 Å². The third kappa shape index (κ3) is 4.32. The van der Waals surface area contributed by atoms with E-state index >= 15 is 0 Å². The molecular weight excluding hydrogens is 398 g/mol. The van der Waals surface area contributed by atoms with Gasteiger partial charge in [-0.2, -0.15) is 0 Å². The zero-order valence-electron chi connectivity index (χ0n) is 15.8. The molecule has 5 atom stereocenters. The molecule has 4 rings (SSSR count). The summed E-state index contributed by atoms with van der Waals surface area (Å²) in [5.74, 6) is 0.411. The van der Waals surface area contributed by atoms with Gasteiger partial charge in [-0.25, -0.2) is 4.68 Å². The highest BCUT2D eigenvalue weighted by molar-refractivity contribution is 8.14. The maximum absolute atomic E-state index is 10.5. The van der Waals surface area contributed by atoms with Gasteiger partial charge >= 0.3 is 0 Å². The van der Waals surface area contributed by atoms with Crippen LogP contribution in [0.1, 0.15) is 12.6 Å². The molecule has 3 heterocycles. The summed E-state index contributed by atoms with van der Waals surface area (Å²) in [7, 11) is 0. The molecule has 10 nitrogen and oxygen atoms in total. The zero-order chi connectivity index (χ0) is 20.4. The highest BCUT2D eigenvalue weighted by Gasteiger charge is 2.49. The number of fused-ring (bicyclic) bond motifs is 1. The predicted octanol–water partition coefficient (Wildman–Crippen LogP) is 0.0903. The molecule has 0 radical (unpaired) electrons. The number of nitrogens with zero attached hydrogens (tertiary/aromatic N) is 4. The van der Waals surface area contributed by atoms with Gasteiger partial charge in [0.25, 0.3) is 0 Å². The van der Waals surface area contributed by atoms with Crippen LogP contribution in [0, 0.1) is 0 Å². The number of hydrogen-bond donors (Lipinski definition) is 4. The summed E-state index contributed by atoms with van der Waals surface area (Å²) in [6, 6.07) is 6.27. The molecule has 0 aliphatic carbocycles. The van der Waals surface area contributed by atoms with E-state index in [9.17, 15) is 15.3 Å². The molecule has 0 bridgehead atoms. The van der Waals surface area contributed by atoms with Crippen LogP contribution in [0.3, 0.4) is 0 Å². The topological polar surface area (TPSA) is 134 Å². The molecule has 0 saturated carbocycles. The average Bonchev–Trinajstić information content (AvgIpc) is 3.32. The van der Waals surface area contributed by atoms with E-state index in [0.29, 0.717) is 23.2 Å². The minimum Gasteiger partial charge on any atom is -0.504 e. The number of amidine groups is 1. The van der Waals surface area contributed by atoms with Crippen molar-refractivity contribution in [1.82, 2.24) is 20.3 Å². The first-order valence-electron chi connectivity index (χ1n) is 9.34. The first kappa shape index (κ1) is 20.0. The number of para-hydroxylation sites is 2. The molecular formula is C18H23N5O5S. The first-order chi connectivity index (χ1) is 14.0. The summed E-state index contributed by atoms with van der Waals surface area (Å²) in [6.45, 7) is 2.92. The van der Waals surface area contributed by atoms with Crippen molar-refractivity contribution in [2.75, 3.05) is 6.54 Å². The van der Waals surface area contributed by atoms with Crippen LogP contribution in [0.5, 0.6) is 11.5 Å². The van der Waals surface area contributed by atoms with Crippen molar-refractivity contribution in [3.63, 3.8) is 0 Å². The Morgan fingerprint density at radius 2 is 2.14 bits per heavy atom. The molecule has 2 saturated heterocycles. The van der Waals surface area contributed by atoms with Crippen molar-refractivity contribution in [2.24, 2.45) is 4.99 Å². The minimum atomic E-state index is -1.07. The predicted molar refractivity (Wildman–Crippen MR) is 106 cm³/mol. The van der Waals surface area contributed by atoms with Crippen LogP contribution in [-0.4, -0.2) is 71.8 Å². The Hall–Kier alpha value is -2.34. The highest BCUT2D eigenvalue weighted by Crippen LogP contribution is 2.34. The van der Waals surface area contributed by atoms with Crippen molar-refractivity contribution >= 4 is 16.9 Å².